The number of primary amides is 2. The molecule has 2 amide bonds. The van der Waals surface area contributed by atoms with Crippen LogP contribution in [0.2, 0.25) is 0 Å². The van der Waals surface area contributed by atoms with Gasteiger partial charge in [-0.25, -0.2) is 0 Å². The molecular formula is C38H76N2O4. The summed E-state index contributed by atoms with van der Waals surface area (Å²) in [5.41, 5.74) is 11.6. The van der Waals surface area contributed by atoms with Gasteiger partial charge in [-0.2, -0.15) is 0 Å². The van der Waals surface area contributed by atoms with Crippen LogP contribution in [0.5, 0.6) is 0 Å². The summed E-state index contributed by atoms with van der Waals surface area (Å²) < 4.78 is 0. The van der Waals surface area contributed by atoms with E-state index >= 15 is 0 Å². The Morgan fingerprint density at radius 1 is 0.432 bits per heavy atom. The second kappa shape index (κ2) is 30.5. The van der Waals surface area contributed by atoms with Crippen LogP contribution in [-0.2, 0) is 9.59 Å². The smallest absolute Gasteiger partial charge is 0.220 e. The van der Waals surface area contributed by atoms with Gasteiger partial charge in [0.1, 0.15) is 0 Å². The predicted octanol–water partition coefficient (Wildman–Crippen LogP) is 9.51. The number of unbranched alkanes of at least 4 members (excludes halogenated alkanes) is 18. The first kappa shape index (κ1) is 42.9. The fourth-order valence-corrected chi connectivity index (χ4v) is 6.77. The minimum absolute atomic E-state index is 0.119. The SMILES string of the molecule is CCCCCCC(O)CCCCCCCCCC(C(N)=O)C(C)C(CCCCCCCCCC(O)CCCCCC)C(N)=O. The number of nitrogens with two attached hydrogens (primary N) is 2. The van der Waals surface area contributed by atoms with Gasteiger partial charge in [0.05, 0.1) is 12.2 Å². The maximum Gasteiger partial charge on any atom is 0.220 e. The monoisotopic (exact) mass is 625 g/mol. The van der Waals surface area contributed by atoms with E-state index in [-0.39, 0.29) is 41.8 Å². The first-order chi connectivity index (χ1) is 21.2. The van der Waals surface area contributed by atoms with Gasteiger partial charge in [-0.05, 0) is 44.4 Å². The summed E-state index contributed by atoms with van der Waals surface area (Å²) in [6, 6.07) is 0. The van der Waals surface area contributed by atoms with Gasteiger partial charge in [0, 0.05) is 11.8 Å². The Labute approximate surface area is 273 Å². The molecule has 0 saturated heterocycles. The number of hydrogen-bond acceptors (Lipinski definition) is 4. The largest absolute Gasteiger partial charge is 0.393 e. The molecule has 0 aromatic carbocycles. The highest BCUT2D eigenvalue weighted by Gasteiger charge is 2.32. The molecule has 6 nitrogen and oxygen atoms in total. The van der Waals surface area contributed by atoms with Crippen LogP contribution in [0.3, 0.4) is 0 Å². The summed E-state index contributed by atoms with van der Waals surface area (Å²) in [6.45, 7) is 6.41. The van der Waals surface area contributed by atoms with Crippen molar-refractivity contribution in [2.75, 3.05) is 0 Å². The summed E-state index contributed by atoms with van der Waals surface area (Å²) in [7, 11) is 0. The molecule has 0 radical (unpaired) electrons. The molecule has 0 aromatic rings. The van der Waals surface area contributed by atoms with E-state index < -0.39 is 0 Å². The van der Waals surface area contributed by atoms with E-state index in [9.17, 15) is 19.8 Å². The third-order valence-corrected chi connectivity index (χ3v) is 9.89. The van der Waals surface area contributed by atoms with E-state index in [1.807, 2.05) is 6.92 Å². The molecule has 0 saturated carbocycles. The molecule has 0 aliphatic heterocycles. The Morgan fingerprint density at radius 2 is 0.659 bits per heavy atom. The van der Waals surface area contributed by atoms with Gasteiger partial charge in [-0.3, -0.25) is 9.59 Å². The zero-order chi connectivity index (χ0) is 32.8. The average Bonchev–Trinajstić information content (AvgIpc) is 2.98. The summed E-state index contributed by atoms with van der Waals surface area (Å²) in [6.07, 6.45) is 30.4. The van der Waals surface area contributed by atoms with Crippen molar-refractivity contribution >= 4 is 11.8 Å². The normalized spacial score (nSPS) is 15.1. The molecule has 0 aliphatic carbocycles. The van der Waals surface area contributed by atoms with Crippen LogP contribution in [0.15, 0.2) is 0 Å². The van der Waals surface area contributed by atoms with E-state index in [2.05, 4.69) is 13.8 Å². The van der Waals surface area contributed by atoms with Crippen molar-refractivity contribution in [3.05, 3.63) is 0 Å². The molecule has 4 atom stereocenters. The van der Waals surface area contributed by atoms with Gasteiger partial charge in [-0.15, -0.1) is 0 Å². The molecule has 44 heavy (non-hydrogen) atoms. The third-order valence-electron chi connectivity index (χ3n) is 9.89. The van der Waals surface area contributed by atoms with Crippen LogP contribution >= 0.6 is 0 Å². The van der Waals surface area contributed by atoms with Gasteiger partial charge in [-0.1, -0.05) is 162 Å². The molecule has 0 fully saturated rings. The van der Waals surface area contributed by atoms with Gasteiger partial charge in [0.25, 0.3) is 0 Å². The summed E-state index contributed by atoms with van der Waals surface area (Å²) in [4.78, 5) is 24.6. The molecule has 6 N–H and O–H groups in total. The summed E-state index contributed by atoms with van der Waals surface area (Å²) in [5, 5.41) is 20.2. The number of carbonyl (C=O) groups is 2. The van der Waals surface area contributed by atoms with Crippen LogP contribution in [-0.4, -0.2) is 34.2 Å². The summed E-state index contributed by atoms with van der Waals surface area (Å²) in [5.74, 6) is -1.32. The number of aliphatic hydroxyl groups is 2. The quantitative estimate of drug-likeness (QED) is 0.0532. The molecule has 0 spiro atoms. The van der Waals surface area contributed by atoms with Crippen LogP contribution in [0.1, 0.15) is 201 Å². The number of amides is 2. The van der Waals surface area contributed by atoms with Crippen molar-refractivity contribution in [2.45, 2.75) is 213 Å². The lowest BCUT2D eigenvalue weighted by atomic mass is 9.77. The molecular weight excluding hydrogens is 548 g/mol. The van der Waals surface area contributed by atoms with E-state index in [0.29, 0.717) is 0 Å². The maximum absolute atomic E-state index is 12.3. The zero-order valence-electron chi connectivity index (χ0n) is 29.6. The highest BCUT2D eigenvalue weighted by molar-refractivity contribution is 5.80. The maximum atomic E-state index is 12.3. The number of carbonyl (C=O) groups excluding carboxylic acids is 2. The Bertz CT molecular complexity index is 605. The highest BCUT2D eigenvalue weighted by Crippen LogP contribution is 2.30. The molecule has 262 valence electrons. The van der Waals surface area contributed by atoms with Crippen molar-refractivity contribution in [3.63, 3.8) is 0 Å². The number of aliphatic hydroxyl groups excluding tert-OH is 2. The Kier molecular flexibility index (Phi) is 29.7. The van der Waals surface area contributed by atoms with Crippen molar-refractivity contribution in [2.24, 2.45) is 29.2 Å². The van der Waals surface area contributed by atoms with Crippen LogP contribution in [0.4, 0.5) is 0 Å². The van der Waals surface area contributed by atoms with Gasteiger partial charge < -0.3 is 21.7 Å². The lowest BCUT2D eigenvalue weighted by molar-refractivity contribution is -0.128. The van der Waals surface area contributed by atoms with E-state index in [0.717, 1.165) is 103 Å². The van der Waals surface area contributed by atoms with Crippen LogP contribution < -0.4 is 11.5 Å². The first-order valence-electron chi connectivity index (χ1n) is 19.2. The van der Waals surface area contributed by atoms with Crippen molar-refractivity contribution in [1.82, 2.24) is 0 Å². The summed E-state index contributed by atoms with van der Waals surface area (Å²) >= 11 is 0. The minimum atomic E-state index is -0.303. The van der Waals surface area contributed by atoms with Crippen molar-refractivity contribution in [3.8, 4) is 0 Å². The minimum Gasteiger partial charge on any atom is -0.393 e. The number of hydrogen-bond donors (Lipinski definition) is 4. The molecule has 0 heterocycles. The fourth-order valence-electron chi connectivity index (χ4n) is 6.77. The Hall–Kier alpha value is -1.14. The topological polar surface area (TPSA) is 127 Å². The number of rotatable bonds is 34. The second-order valence-corrected chi connectivity index (χ2v) is 14.0. The molecule has 0 rings (SSSR count). The van der Waals surface area contributed by atoms with Gasteiger partial charge >= 0.3 is 0 Å². The standard InChI is InChI=1S/C38H76N2O4/c1-4-6-8-20-26-33(41)28-22-16-12-10-14-18-24-30-35(37(39)43)32(3)36(38(40)44)31-25-19-15-11-13-17-23-29-34(42)27-21-9-7-5-2/h32-36,41-42H,4-31H2,1-3H3,(H2,39,43)(H2,40,44). The van der Waals surface area contributed by atoms with E-state index in [4.69, 9.17) is 11.5 Å². The van der Waals surface area contributed by atoms with E-state index in [1.54, 1.807) is 0 Å². The van der Waals surface area contributed by atoms with E-state index in [1.165, 1.54) is 77.0 Å². The lowest BCUT2D eigenvalue weighted by Gasteiger charge is -2.27. The molecule has 4 unspecified atom stereocenters. The Morgan fingerprint density at radius 3 is 0.909 bits per heavy atom. The van der Waals surface area contributed by atoms with Gasteiger partial charge in [0.15, 0.2) is 0 Å². The molecule has 0 aromatic heterocycles. The molecule has 0 aliphatic rings. The average molecular weight is 625 g/mol. The van der Waals surface area contributed by atoms with Crippen molar-refractivity contribution < 1.29 is 19.8 Å². The van der Waals surface area contributed by atoms with Crippen LogP contribution in [0, 0.1) is 17.8 Å². The fraction of sp³-hybridized carbons (Fsp3) is 0.947. The predicted molar refractivity (Wildman–Crippen MR) is 187 cm³/mol. The van der Waals surface area contributed by atoms with Gasteiger partial charge in [0.2, 0.25) is 11.8 Å². The first-order valence-corrected chi connectivity index (χ1v) is 19.2. The second-order valence-electron chi connectivity index (χ2n) is 14.0. The highest BCUT2D eigenvalue weighted by atomic mass is 16.3. The lowest BCUT2D eigenvalue weighted by Crippen LogP contribution is -2.38. The zero-order valence-corrected chi connectivity index (χ0v) is 29.6. The van der Waals surface area contributed by atoms with Crippen molar-refractivity contribution in [1.29, 1.82) is 0 Å². The third kappa shape index (κ3) is 25.1. The van der Waals surface area contributed by atoms with Crippen LogP contribution in [0.25, 0.3) is 0 Å². The molecule has 0 bridgehead atoms. The molecule has 6 heteroatoms. The Balaban J connectivity index is 4.04.